The molecule has 7 nitrogen and oxygen atoms in total. The number of nitrogens with two attached hydrogens (primary N) is 1. The third-order valence-corrected chi connectivity index (χ3v) is 3.40. The van der Waals surface area contributed by atoms with Crippen molar-refractivity contribution in [2.45, 2.75) is 18.7 Å². The van der Waals surface area contributed by atoms with Crippen LogP contribution in [0.25, 0.3) is 0 Å². The predicted molar refractivity (Wildman–Crippen MR) is 84.3 cm³/mol. The quantitative estimate of drug-likeness (QED) is 0.548. The number of amides is 1. The second-order valence-electron chi connectivity index (χ2n) is 5.02. The van der Waals surface area contributed by atoms with Gasteiger partial charge in [-0.3, -0.25) is 14.9 Å². The van der Waals surface area contributed by atoms with Crippen LogP contribution < -0.4 is 11.1 Å². The van der Waals surface area contributed by atoms with Crippen molar-refractivity contribution < 1.29 is 14.8 Å². The number of nitro benzene ring substituents is 1. The van der Waals surface area contributed by atoms with E-state index >= 15 is 0 Å². The lowest BCUT2D eigenvalue weighted by Crippen LogP contribution is -2.44. The lowest BCUT2D eigenvalue weighted by atomic mass is 10.0. The van der Waals surface area contributed by atoms with Crippen LogP contribution >= 0.6 is 0 Å². The zero-order valence-electron chi connectivity index (χ0n) is 12.3. The van der Waals surface area contributed by atoms with Gasteiger partial charge in [0, 0.05) is 18.7 Å². The van der Waals surface area contributed by atoms with E-state index in [0.29, 0.717) is 12.1 Å². The number of nitrogens with zero attached hydrogens (tertiary/aromatic N) is 1. The Morgan fingerprint density at radius 2 is 1.78 bits per heavy atom. The fourth-order valence-corrected chi connectivity index (χ4v) is 2.05. The van der Waals surface area contributed by atoms with E-state index in [2.05, 4.69) is 5.32 Å². The number of carbonyl (C=O) groups is 1. The van der Waals surface area contributed by atoms with Gasteiger partial charge >= 0.3 is 0 Å². The third kappa shape index (κ3) is 4.35. The third-order valence-electron chi connectivity index (χ3n) is 3.40. The minimum absolute atomic E-state index is 0.0944. The maximum Gasteiger partial charge on any atom is 0.269 e. The molecule has 0 saturated carbocycles. The SMILES string of the molecule is N[C@@H](C(=O)NCc1ccccc1)[C@@H](O)c1ccc([N+](=O)[O-])cc1. The first-order valence-corrected chi connectivity index (χ1v) is 6.98. The molecule has 0 radical (unpaired) electrons. The molecule has 23 heavy (non-hydrogen) atoms. The topological polar surface area (TPSA) is 118 Å². The lowest BCUT2D eigenvalue weighted by Gasteiger charge is -2.18. The molecule has 0 spiro atoms. The number of hydrogen-bond acceptors (Lipinski definition) is 5. The van der Waals surface area contributed by atoms with Gasteiger partial charge in [-0.2, -0.15) is 0 Å². The van der Waals surface area contributed by atoms with Crippen molar-refractivity contribution in [2.24, 2.45) is 5.73 Å². The highest BCUT2D eigenvalue weighted by atomic mass is 16.6. The summed E-state index contributed by atoms with van der Waals surface area (Å²) >= 11 is 0. The molecule has 120 valence electrons. The molecule has 7 heteroatoms. The number of benzene rings is 2. The molecule has 0 heterocycles. The van der Waals surface area contributed by atoms with Gasteiger partial charge < -0.3 is 16.2 Å². The van der Waals surface area contributed by atoms with Crippen molar-refractivity contribution in [1.29, 1.82) is 0 Å². The van der Waals surface area contributed by atoms with Crippen LogP contribution in [0.2, 0.25) is 0 Å². The molecule has 2 rings (SSSR count). The zero-order valence-corrected chi connectivity index (χ0v) is 12.3. The van der Waals surface area contributed by atoms with Gasteiger partial charge in [0.05, 0.1) is 4.92 Å². The standard InChI is InChI=1S/C16H17N3O4/c17-14(16(21)18-10-11-4-2-1-3-5-11)15(20)12-6-8-13(9-7-12)19(22)23/h1-9,14-15,20H,10,17H2,(H,18,21)/t14-,15+/m1/s1. The first-order valence-electron chi connectivity index (χ1n) is 6.98. The molecule has 4 N–H and O–H groups in total. The molecular formula is C16H17N3O4. The first-order chi connectivity index (χ1) is 11.0. The summed E-state index contributed by atoms with van der Waals surface area (Å²) in [6, 6.07) is 13.4. The molecule has 2 aromatic rings. The zero-order chi connectivity index (χ0) is 16.8. The monoisotopic (exact) mass is 315 g/mol. The van der Waals surface area contributed by atoms with Crippen molar-refractivity contribution in [1.82, 2.24) is 5.32 Å². The van der Waals surface area contributed by atoms with Crippen LogP contribution in [0.3, 0.4) is 0 Å². The number of aliphatic hydroxyl groups excluding tert-OH is 1. The van der Waals surface area contributed by atoms with Crippen molar-refractivity contribution in [3.8, 4) is 0 Å². The molecule has 0 bridgehead atoms. The van der Waals surface area contributed by atoms with Crippen molar-refractivity contribution >= 4 is 11.6 Å². The summed E-state index contributed by atoms with van der Waals surface area (Å²) in [5.74, 6) is -0.500. The lowest BCUT2D eigenvalue weighted by molar-refractivity contribution is -0.384. The largest absolute Gasteiger partial charge is 0.386 e. The average molecular weight is 315 g/mol. The molecule has 0 aliphatic carbocycles. The fourth-order valence-electron chi connectivity index (χ4n) is 2.05. The van der Waals surface area contributed by atoms with Gasteiger partial charge in [0.1, 0.15) is 12.1 Å². The second kappa shape index (κ2) is 7.48. The molecule has 0 fully saturated rings. The van der Waals surface area contributed by atoms with E-state index in [0.717, 1.165) is 5.56 Å². The Morgan fingerprint density at radius 1 is 1.17 bits per heavy atom. The van der Waals surface area contributed by atoms with Gasteiger partial charge in [0.2, 0.25) is 5.91 Å². The highest BCUT2D eigenvalue weighted by Crippen LogP contribution is 2.19. The molecule has 0 aliphatic heterocycles. The summed E-state index contributed by atoms with van der Waals surface area (Å²) in [5, 5.41) is 23.4. The maximum absolute atomic E-state index is 12.0. The van der Waals surface area contributed by atoms with Crippen molar-refractivity contribution in [2.75, 3.05) is 0 Å². The van der Waals surface area contributed by atoms with E-state index in [1.807, 2.05) is 30.3 Å². The smallest absolute Gasteiger partial charge is 0.269 e. The second-order valence-corrected chi connectivity index (χ2v) is 5.02. The van der Waals surface area contributed by atoms with Gasteiger partial charge in [-0.25, -0.2) is 0 Å². The minimum atomic E-state index is -1.24. The Bertz CT molecular complexity index is 673. The number of aliphatic hydroxyl groups is 1. The number of non-ortho nitro benzene ring substituents is 1. The van der Waals surface area contributed by atoms with E-state index in [9.17, 15) is 20.0 Å². The minimum Gasteiger partial charge on any atom is -0.386 e. The number of rotatable bonds is 6. The van der Waals surface area contributed by atoms with Crippen molar-refractivity contribution in [3.05, 3.63) is 75.8 Å². The summed E-state index contributed by atoms with van der Waals surface area (Å²) in [4.78, 5) is 22.1. The Balaban J connectivity index is 1.96. The van der Waals surface area contributed by atoms with Gasteiger partial charge in [-0.1, -0.05) is 30.3 Å². The van der Waals surface area contributed by atoms with E-state index in [1.54, 1.807) is 0 Å². The van der Waals surface area contributed by atoms with Crippen LogP contribution in [0, 0.1) is 10.1 Å². The highest BCUT2D eigenvalue weighted by molar-refractivity contribution is 5.82. The molecule has 0 aromatic heterocycles. The first kappa shape index (κ1) is 16.6. The van der Waals surface area contributed by atoms with E-state index in [1.165, 1.54) is 24.3 Å². The van der Waals surface area contributed by atoms with Crippen LogP contribution in [-0.4, -0.2) is 22.0 Å². The normalized spacial score (nSPS) is 13.1. The van der Waals surface area contributed by atoms with Crippen LogP contribution in [-0.2, 0) is 11.3 Å². The number of carbonyl (C=O) groups excluding carboxylic acids is 1. The molecule has 0 aliphatic rings. The van der Waals surface area contributed by atoms with E-state index < -0.39 is 23.0 Å². The maximum atomic E-state index is 12.0. The molecule has 0 unspecified atom stereocenters. The molecule has 1 amide bonds. The van der Waals surface area contributed by atoms with Gasteiger partial charge in [-0.15, -0.1) is 0 Å². The van der Waals surface area contributed by atoms with E-state index in [4.69, 9.17) is 5.73 Å². The number of nitrogens with one attached hydrogen (secondary N) is 1. The number of hydrogen-bond donors (Lipinski definition) is 3. The molecule has 0 saturated heterocycles. The number of nitro groups is 1. The van der Waals surface area contributed by atoms with Gasteiger partial charge in [-0.05, 0) is 23.3 Å². The van der Waals surface area contributed by atoms with E-state index in [-0.39, 0.29) is 5.69 Å². The Morgan fingerprint density at radius 3 is 2.35 bits per heavy atom. The highest BCUT2D eigenvalue weighted by Gasteiger charge is 2.24. The predicted octanol–water partition coefficient (Wildman–Crippen LogP) is 1.27. The summed E-state index contributed by atoms with van der Waals surface area (Å²) < 4.78 is 0. The van der Waals surface area contributed by atoms with Crippen LogP contribution in [0.1, 0.15) is 17.2 Å². The fraction of sp³-hybridized carbons (Fsp3) is 0.188. The Kier molecular flexibility index (Phi) is 5.40. The van der Waals surface area contributed by atoms with Crippen LogP contribution in [0.15, 0.2) is 54.6 Å². The van der Waals surface area contributed by atoms with Crippen LogP contribution in [0.4, 0.5) is 5.69 Å². The summed E-state index contributed by atoms with van der Waals surface area (Å²) in [5.41, 5.74) is 6.92. The van der Waals surface area contributed by atoms with Crippen LogP contribution in [0.5, 0.6) is 0 Å². The summed E-state index contributed by atoms with van der Waals surface area (Å²) in [6.45, 7) is 0.306. The summed E-state index contributed by atoms with van der Waals surface area (Å²) in [6.07, 6.45) is -1.24. The van der Waals surface area contributed by atoms with Gasteiger partial charge in [0.15, 0.2) is 0 Å². The van der Waals surface area contributed by atoms with Crippen molar-refractivity contribution in [3.63, 3.8) is 0 Å². The summed E-state index contributed by atoms with van der Waals surface area (Å²) in [7, 11) is 0. The van der Waals surface area contributed by atoms with Gasteiger partial charge in [0.25, 0.3) is 5.69 Å². The molecular weight excluding hydrogens is 298 g/mol. The molecule has 2 aromatic carbocycles. The molecule has 2 atom stereocenters. The Hall–Kier alpha value is -2.77. The Labute approximate surface area is 132 Å². The average Bonchev–Trinajstić information content (AvgIpc) is 2.59.